The summed E-state index contributed by atoms with van der Waals surface area (Å²) in [6.07, 6.45) is 1.21. The van der Waals surface area contributed by atoms with E-state index >= 15 is 0 Å². The van der Waals surface area contributed by atoms with Gasteiger partial charge in [-0.15, -0.1) is 0 Å². The average molecular weight is 391 g/mol. The van der Waals surface area contributed by atoms with Crippen LogP contribution < -0.4 is 10.0 Å². The quantitative estimate of drug-likeness (QED) is 0.358. The number of rotatable bonds is 7. The SMILES string of the molecule is O=[N+]([O-])c1cccc(S(=O)(=O)NCCNc2ncnc3c(F)cccc23)c1. The minimum atomic E-state index is -3.91. The Kier molecular flexibility index (Phi) is 5.23. The Morgan fingerprint density at radius 1 is 1.11 bits per heavy atom. The second kappa shape index (κ2) is 7.60. The van der Waals surface area contributed by atoms with Crippen molar-refractivity contribution in [3.63, 3.8) is 0 Å². The number of non-ortho nitro benzene ring substituents is 1. The smallest absolute Gasteiger partial charge is 0.270 e. The van der Waals surface area contributed by atoms with Gasteiger partial charge in [0.15, 0.2) is 0 Å². The maximum Gasteiger partial charge on any atom is 0.270 e. The van der Waals surface area contributed by atoms with Gasteiger partial charge in [0, 0.05) is 30.6 Å². The molecule has 3 aromatic rings. The molecule has 0 aliphatic rings. The van der Waals surface area contributed by atoms with Crippen LogP contribution >= 0.6 is 0 Å². The number of halogens is 1. The Morgan fingerprint density at radius 3 is 2.67 bits per heavy atom. The topological polar surface area (TPSA) is 127 Å². The zero-order valence-corrected chi connectivity index (χ0v) is 14.6. The van der Waals surface area contributed by atoms with Crippen LogP contribution in [0.3, 0.4) is 0 Å². The number of nitro benzene ring substituents is 1. The molecular formula is C16H14FN5O4S. The molecule has 1 heterocycles. The maximum atomic E-state index is 13.7. The predicted molar refractivity (Wildman–Crippen MR) is 96.3 cm³/mol. The van der Waals surface area contributed by atoms with Crippen molar-refractivity contribution in [3.05, 3.63) is 64.7 Å². The molecule has 0 bridgehead atoms. The van der Waals surface area contributed by atoms with Crippen molar-refractivity contribution >= 4 is 32.4 Å². The molecule has 0 atom stereocenters. The number of hydrogen-bond acceptors (Lipinski definition) is 7. The lowest BCUT2D eigenvalue weighted by molar-refractivity contribution is -0.385. The number of hydrogen-bond donors (Lipinski definition) is 2. The van der Waals surface area contributed by atoms with Gasteiger partial charge in [-0.3, -0.25) is 10.1 Å². The molecule has 0 amide bonds. The lowest BCUT2D eigenvalue weighted by Crippen LogP contribution is -2.29. The second-order valence-corrected chi connectivity index (χ2v) is 7.20. The molecule has 0 fully saturated rings. The van der Waals surface area contributed by atoms with E-state index in [4.69, 9.17) is 0 Å². The second-order valence-electron chi connectivity index (χ2n) is 5.44. The molecule has 140 valence electrons. The highest BCUT2D eigenvalue weighted by molar-refractivity contribution is 7.89. The van der Waals surface area contributed by atoms with Gasteiger partial charge in [0.05, 0.1) is 9.82 Å². The van der Waals surface area contributed by atoms with Gasteiger partial charge in [0.2, 0.25) is 10.0 Å². The summed E-state index contributed by atoms with van der Waals surface area (Å²) < 4.78 is 40.5. The van der Waals surface area contributed by atoms with Crippen LogP contribution in [0.15, 0.2) is 53.7 Å². The molecule has 0 aliphatic heterocycles. The number of sulfonamides is 1. The van der Waals surface area contributed by atoms with Gasteiger partial charge in [-0.25, -0.2) is 27.5 Å². The third-order valence-corrected chi connectivity index (χ3v) is 5.12. The molecule has 11 heteroatoms. The van der Waals surface area contributed by atoms with Crippen LogP contribution in [-0.4, -0.2) is 36.4 Å². The highest BCUT2D eigenvalue weighted by Gasteiger charge is 2.17. The van der Waals surface area contributed by atoms with Crippen LogP contribution in [-0.2, 0) is 10.0 Å². The fraction of sp³-hybridized carbons (Fsp3) is 0.125. The number of nitro groups is 1. The molecule has 2 aromatic carbocycles. The summed E-state index contributed by atoms with van der Waals surface area (Å²) in [5.41, 5.74) is -0.155. The minimum Gasteiger partial charge on any atom is -0.368 e. The molecular weight excluding hydrogens is 377 g/mol. The van der Waals surface area contributed by atoms with E-state index in [1.165, 1.54) is 36.7 Å². The summed E-state index contributed by atoms with van der Waals surface area (Å²) in [6, 6.07) is 9.21. The van der Waals surface area contributed by atoms with E-state index in [-0.39, 0.29) is 29.2 Å². The summed E-state index contributed by atoms with van der Waals surface area (Å²) in [5.74, 6) is -0.113. The number of aromatic nitrogens is 2. The monoisotopic (exact) mass is 391 g/mol. The van der Waals surface area contributed by atoms with E-state index in [0.717, 1.165) is 6.07 Å². The molecule has 1 aromatic heterocycles. The first kappa shape index (κ1) is 18.6. The Hall–Kier alpha value is -3.18. The largest absolute Gasteiger partial charge is 0.368 e. The van der Waals surface area contributed by atoms with Gasteiger partial charge < -0.3 is 5.32 Å². The number of nitrogens with one attached hydrogen (secondary N) is 2. The number of anilines is 1. The van der Waals surface area contributed by atoms with Crippen LogP contribution in [0, 0.1) is 15.9 Å². The molecule has 0 spiro atoms. The summed E-state index contributed by atoms with van der Waals surface area (Å²) >= 11 is 0. The molecule has 0 aliphatic carbocycles. The Bertz CT molecular complexity index is 1110. The number of benzene rings is 2. The molecule has 2 N–H and O–H groups in total. The fourth-order valence-corrected chi connectivity index (χ4v) is 3.48. The summed E-state index contributed by atoms with van der Waals surface area (Å²) in [7, 11) is -3.91. The van der Waals surface area contributed by atoms with Crippen molar-refractivity contribution in [1.29, 1.82) is 0 Å². The zero-order chi connectivity index (χ0) is 19.4. The Balaban J connectivity index is 1.66. The van der Waals surface area contributed by atoms with Gasteiger partial charge in [-0.05, 0) is 18.2 Å². The molecule has 0 saturated carbocycles. The van der Waals surface area contributed by atoms with E-state index in [1.807, 2.05) is 0 Å². The average Bonchev–Trinajstić information content (AvgIpc) is 2.66. The van der Waals surface area contributed by atoms with E-state index in [2.05, 4.69) is 20.0 Å². The van der Waals surface area contributed by atoms with Crippen molar-refractivity contribution in [1.82, 2.24) is 14.7 Å². The lowest BCUT2D eigenvalue weighted by Gasteiger charge is -2.10. The number of fused-ring (bicyclic) bond motifs is 1. The number of nitrogens with zero attached hydrogens (tertiary/aromatic N) is 3. The summed E-state index contributed by atoms with van der Waals surface area (Å²) in [4.78, 5) is 17.8. The van der Waals surface area contributed by atoms with Crippen LogP contribution in [0.25, 0.3) is 10.9 Å². The van der Waals surface area contributed by atoms with Crippen molar-refractivity contribution in [3.8, 4) is 0 Å². The van der Waals surface area contributed by atoms with Gasteiger partial charge in [0.1, 0.15) is 23.5 Å². The van der Waals surface area contributed by atoms with E-state index < -0.39 is 20.8 Å². The highest BCUT2D eigenvalue weighted by atomic mass is 32.2. The van der Waals surface area contributed by atoms with Gasteiger partial charge in [-0.2, -0.15) is 0 Å². The molecule has 0 saturated heterocycles. The summed E-state index contributed by atoms with van der Waals surface area (Å²) in [6.45, 7) is 0.155. The zero-order valence-electron chi connectivity index (χ0n) is 13.8. The van der Waals surface area contributed by atoms with Gasteiger partial charge in [-0.1, -0.05) is 12.1 Å². The summed E-state index contributed by atoms with van der Waals surface area (Å²) in [5, 5.41) is 14.2. The van der Waals surface area contributed by atoms with Crippen LogP contribution in [0.2, 0.25) is 0 Å². The first-order valence-corrected chi connectivity index (χ1v) is 9.24. The van der Waals surface area contributed by atoms with Gasteiger partial charge in [0.25, 0.3) is 5.69 Å². The Labute approximate surface area is 153 Å². The molecule has 3 rings (SSSR count). The van der Waals surface area contributed by atoms with Crippen molar-refractivity contribution < 1.29 is 17.7 Å². The third-order valence-electron chi connectivity index (χ3n) is 3.66. The third kappa shape index (κ3) is 4.15. The standard InChI is InChI=1S/C16H14FN5O4S/c17-14-6-2-5-13-15(14)19-10-20-16(13)18-7-8-21-27(25,26)12-4-1-3-11(9-12)22(23)24/h1-6,9-10,21H,7-8H2,(H,18,19,20). The predicted octanol–water partition coefficient (Wildman–Crippen LogP) is 2.07. The van der Waals surface area contributed by atoms with Gasteiger partial charge >= 0.3 is 0 Å². The van der Waals surface area contributed by atoms with Crippen molar-refractivity contribution in [2.45, 2.75) is 4.90 Å². The lowest BCUT2D eigenvalue weighted by atomic mass is 10.2. The fourth-order valence-electron chi connectivity index (χ4n) is 2.41. The normalized spacial score (nSPS) is 11.4. The Morgan fingerprint density at radius 2 is 1.89 bits per heavy atom. The van der Waals surface area contributed by atoms with Crippen LogP contribution in [0.4, 0.5) is 15.9 Å². The maximum absolute atomic E-state index is 13.7. The van der Waals surface area contributed by atoms with Crippen molar-refractivity contribution in [2.75, 3.05) is 18.4 Å². The highest BCUT2D eigenvalue weighted by Crippen LogP contribution is 2.21. The van der Waals surface area contributed by atoms with Crippen LogP contribution in [0.5, 0.6) is 0 Å². The molecule has 27 heavy (non-hydrogen) atoms. The minimum absolute atomic E-state index is 0.00810. The first-order valence-electron chi connectivity index (χ1n) is 7.76. The number of para-hydroxylation sites is 1. The van der Waals surface area contributed by atoms with E-state index in [9.17, 15) is 22.9 Å². The van der Waals surface area contributed by atoms with E-state index in [1.54, 1.807) is 6.07 Å². The molecule has 0 unspecified atom stereocenters. The molecule has 0 radical (unpaired) electrons. The molecule has 9 nitrogen and oxygen atoms in total. The first-order chi connectivity index (χ1) is 12.9. The van der Waals surface area contributed by atoms with Crippen LogP contribution in [0.1, 0.15) is 0 Å². The van der Waals surface area contributed by atoms with Crippen molar-refractivity contribution in [2.24, 2.45) is 0 Å². The van der Waals surface area contributed by atoms with E-state index in [0.29, 0.717) is 11.2 Å².